The van der Waals surface area contributed by atoms with Crippen LogP contribution in [0.1, 0.15) is 0 Å². The van der Waals surface area contributed by atoms with Crippen LogP contribution in [0.5, 0.6) is 0 Å². The van der Waals surface area contributed by atoms with Crippen LogP contribution < -0.4 is 10.6 Å². The third-order valence-electron chi connectivity index (χ3n) is 1.50. The van der Waals surface area contributed by atoms with Crippen LogP contribution in [0, 0.1) is 5.82 Å². The molecule has 0 aliphatic rings. The van der Waals surface area contributed by atoms with E-state index >= 15 is 0 Å². The molecule has 0 amide bonds. The largest absolute Gasteiger partial charge is 0.396 e. The third-order valence-corrected chi connectivity index (χ3v) is 1.50. The summed E-state index contributed by atoms with van der Waals surface area (Å²) in [6.07, 6.45) is 0. The fraction of sp³-hybridized carbons (Fsp3) is 0.250. The summed E-state index contributed by atoms with van der Waals surface area (Å²) in [5.41, 5.74) is 6.30. The first kappa shape index (κ1) is 7.85. The summed E-state index contributed by atoms with van der Waals surface area (Å²) in [5, 5.41) is 0. The van der Waals surface area contributed by atoms with Crippen LogP contribution in [0.4, 0.5) is 15.8 Å². The molecule has 0 aliphatic heterocycles. The summed E-state index contributed by atoms with van der Waals surface area (Å²) in [6, 6.07) is 4.75. The second-order valence-electron chi connectivity index (χ2n) is 2.60. The molecular formula is C8H11FN2. The van der Waals surface area contributed by atoms with Gasteiger partial charge in [0.2, 0.25) is 0 Å². The molecule has 0 unspecified atom stereocenters. The van der Waals surface area contributed by atoms with Gasteiger partial charge < -0.3 is 10.6 Å². The summed E-state index contributed by atoms with van der Waals surface area (Å²) >= 11 is 0. The molecule has 0 aliphatic carbocycles. The van der Waals surface area contributed by atoms with Crippen molar-refractivity contribution >= 4 is 11.4 Å². The Kier molecular flexibility index (Phi) is 1.98. The van der Waals surface area contributed by atoms with E-state index in [9.17, 15) is 4.39 Å². The third kappa shape index (κ3) is 1.61. The Hall–Kier alpha value is -1.25. The molecule has 2 nitrogen and oxygen atoms in total. The predicted molar refractivity (Wildman–Crippen MR) is 45.1 cm³/mol. The molecule has 2 N–H and O–H groups in total. The van der Waals surface area contributed by atoms with E-state index in [4.69, 9.17) is 5.73 Å². The van der Waals surface area contributed by atoms with E-state index in [0.717, 1.165) is 5.69 Å². The van der Waals surface area contributed by atoms with Gasteiger partial charge in [-0.2, -0.15) is 0 Å². The maximum absolute atomic E-state index is 12.8. The molecule has 0 fully saturated rings. The van der Waals surface area contributed by atoms with Crippen LogP contribution in [-0.2, 0) is 0 Å². The van der Waals surface area contributed by atoms with Gasteiger partial charge in [0, 0.05) is 19.8 Å². The normalized spacial score (nSPS) is 9.73. The van der Waals surface area contributed by atoms with Gasteiger partial charge in [-0.1, -0.05) is 0 Å². The van der Waals surface area contributed by atoms with Crippen molar-refractivity contribution in [3.05, 3.63) is 24.0 Å². The van der Waals surface area contributed by atoms with Gasteiger partial charge in [-0.25, -0.2) is 4.39 Å². The van der Waals surface area contributed by atoms with Crippen LogP contribution >= 0.6 is 0 Å². The maximum atomic E-state index is 12.8. The first-order valence-corrected chi connectivity index (χ1v) is 3.33. The van der Waals surface area contributed by atoms with Gasteiger partial charge in [-0.15, -0.1) is 0 Å². The molecule has 0 saturated carbocycles. The Morgan fingerprint density at radius 3 is 2.45 bits per heavy atom. The highest BCUT2D eigenvalue weighted by Gasteiger charge is 1.99. The topological polar surface area (TPSA) is 29.3 Å². The number of halogens is 1. The SMILES string of the molecule is CN(C)c1ccc(N)c(F)c1. The van der Waals surface area contributed by atoms with E-state index in [1.165, 1.54) is 6.07 Å². The van der Waals surface area contributed by atoms with Crippen molar-refractivity contribution in [3.63, 3.8) is 0 Å². The van der Waals surface area contributed by atoms with Gasteiger partial charge in [-0.3, -0.25) is 0 Å². The lowest BCUT2D eigenvalue weighted by Crippen LogP contribution is -2.08. The molecule has 1 rings (SSSR count). The van der Waals surface area contributed by atoms with Gasteiger partial charge in [0.15, 0.2) is 0 Å². The van der Waals surface area contributed by atoms with Crippen LogP contribution in [-0.4, -0.2) is 14.1 Å². The van der Waals surface area contributed by atoms with Crippen LogP contribution in [0.3, 0.4) is 0 Å². The maximum Gasteiger partial charge on any atom is 0.148 e. The first-order chi connectivity index (χ1) is 5.11. The first-order valence-electron chi connectivity index (χ1n) is 3.33. The monoisotopic (exact) mass is 154 g/mol. The fourth-order valence-electron chi connectivity index (χ4n) is 0.794. The summed E-state index contributed by atoms with van der Waals surface area (Å²) in [4.78, 5) is 1.82. The Balaban J connectivity index is 3.05. The Morgan fingerprint density at radius 1 is 1.36 bits per heavy atom. The molecule has 0 spiro atoms. The van der Waals surface area contributed by atoms with Crippen molar-refractivity contribution in [2.75, 3.05) is 24.7 Å². The zero-order chi connectivity index (χ0) is 8.43. The van der Waals surface area contributed by atoms with Crippen molar-refractivity contribution in [2.24, 2.45) is 0 Å². The molecule has 0 saturated heterocycles. The number of nitrogen functional groups attached to an aromatic ring is 1. The highest BCUT2D eigenvalue weighted by molar-refractivity contribution is 5.53. The van der Waals surface area contributed by atoms with Gasteiger partial charge in [0.05, 0.1) is 5.69 Å². The Morgan fingerprint density at radius 2 is 2.00 bits per heavy atom. The van der Waals surface area contributed by atoms with Gasteiger partial charge in [-0.05, 0) is 18.2 Å². The van der Waals surface area contributed by atoms with Crippen molar-refractivity contribution < 1.29 is 4.39 Å². The average molecular weight is 154 g/mol. The van der Waals surface area contributed by atoms with Crippen LogP contribution in [0.25, 0.3) is 0 Å². The summed E-state index contributed by atoms with van der Waals surface area (Å²) in [7, 11) is 3.70. The lowest BCUT2D eigenvalue weighted by molar-refractivity contribution is 0.632. The van der Waals surface area contributed by atoms with E-state index < -0.39 is 0 Å². The van der Waals surface area contributed by atoms with Crippen molar-refractivity contribution in [3.8, 4) is 0 Å². The molecule has 0 bridgehead atoms. The number of benzene rings is 1. The number of rotatable bonds is 1. The van der Waals surface area contributed by atoms with E-state index in [1.54, 1.807) is 12.1 Å². The number of anilines is 2. The molecule has 0 aromatic heterocycles. The fourth-order valence-corrected chi connectivity index (χ4v) is 0.794. The number of hydrogen-bond acceptors (Lipinski definition) is 2. The second-order valence-corrected chi connectivity index (χ2v) is 2.60. The smallest absolute Gasteiger partial charge is 0.148 e. The lowest BCUT2D eigenvalue weighted by Gasteiger charge is -2.12. The zero-order valence-electron chi connectivity index (χ0n) is 6.63. The molecule has 0 heterocycles. The molecule has 1 aromatic carbocycles. The number of hydrogen-bond donors (Lipinski definition) is 1. The molecule has 0 atom stereocenters. The average Bonchev–Trinajstić information content (AvgIpc) is 1.94. The van der Waals surface area contributed by atoms with Gasteiger partial charge in [0.1, 0.15) is 5.82 Å². The highest BCUT2D eigenvalue weighted by Crippen LogP contribution is 2.17. The number of nitrogens with two attached hydrogens (primary N) is 1. The minimum Gasteiger partial charge on any atom is -0.396 e. The summed E-state index contributed by atoms with van der Waals surface area (Å²) in [6.45, 7) is 0. The molecule has 0 radical (unpaired) electrons. The zero-order valence-corrected chi connectivity index (χ0v) is 6.63. The van der Waals surface area contributed by atoms with E-state index in [1.807, 2.05) is 19.0 Å². The van der Waals surface area contributed by atoms with Crippen molar-refractivity contribution in [2.45, 2.75) is 0 Å². The van der Waals surface area contributed by atoms with E-state index in [-0.39, 0.29) is 11.5 Å². The quantitative estimate of drug-likeness (QED) is 0.621. The minimum atomic E-state index is -0.365. The molecule has 60 valence electrons. The molecule has 11 heavy (non-hydrogen) atoms. The van der Waals surface area contributed by atoms with Crippen LogP contribution in [0.2, 0.25) is 0 Å². The van der Waals surface area contributed by atoms with E-state index in [0.29, 0.717) is 0 Å². The van der Waals surface area contributed by atoms with Crippen molar-refractivity contribution in [1.82, 2.24) is 0 Å². The van der Waals surface area contributed by atoms with E-state index in [2.05, 4.69) is 0 Å². The standard InChI is InChI=1S/C8H11FN2/c1-11(2)6-3-4-8(10)7(9)5-6/h3-5H,10H2,1-2H3. The van der Waals surface area contributed by atoms with Gasteiger partial charge in [0.25, 0.3) is 0 Å². The van der Waals surface area contributed by atoms with Crippen molar-refractivity contribution in [1.29, 1.82) is 0 Å². The lowest BCUT2D eigenvalue weighted by atomic mass is 10.2. The van der Waals surface area contributed by atoms with Gasteiger partial charge >= 0.3 is 0 Å². The molecule has 1 aromatic rings. The highest BCUT2D eigenvalue weighted by atomic mass is 19.1. The second kappa shape index (κ2) is 2.78. The Bertz CT molecular complexity index is 258. The summed E-state index contributed by atoms with van der Waals surface area (Å²) in [5.74, 6) is -0.365. The molecule has 3 heteroatoms. The minimum absolute atomic E-state index is 0.190. The number of nitrogens with zero attached hydrogens (tertiary/aromatic N) is 1. The summed E-state index contributed by atoms with van der Waals surface area (Å²) < 4.78 is 12.8. The van der Waals surface area contributed by atoms with Crippen LogP contribution in [0.15, 0.2) is 18.2 Å². The predicted octanol–water partition coefficient (Wildman–Crippen LogP) is 1.47. The Labute approximate surface area is 65.4 Å². The molecular weight excluding hydrogens is 143 g/mol.